The zero-order valence-electron chi connectivity index (χ0n) is 37.7. The van der Waals surface area contributed by atoms with Crippen LogP contribution in [0.15, 0.2) is 121 Å². The number of rotatable bonds is 20. The minimum absolute atomic E-state index is 0.161. The number of likely N-dealkylation sites (tertiary alicyclic amines) is 2. The maximum absolute atomic E-state index is 14.2. The van der Waals surface area contributed by atoms with Crippen molar-refractivity contribution in [2.24, 2.45) is 0 Å². The molecular formula is C50H64N4O10+2. The molecule has 0 radical (unpaired) electrons. The first-order valence-corrected chi connectivity index (χ1v) is 22.1. The van der Waals surface area contributed by atoms with Gasteiger partial charge in [0.2, 0.25) is 11.8 Å². The van der Waals surface area contributed by atoms with E-state index in [9.17, 15) is 19.2 Å². The SMILES string of the molecule is COCC1(N(OCc2ccccc2)C(C)=O)CC[N+](CCc2ccccc2)(OC(=O)C(=O)O[N+]2(CCc3ccccc3)CCC(COC)(N(OCc3ccccc3)C(C)=O)CC2)CC1. The molecule has 2 amide bonds. The number of methoxy groups -OCH3 is 2. The lowest BCUT2D eigenvalue weighted by Crippen LogP contribution is -2.66. The molecule has 6 rings (SSSR count). The highest BCUT2D eigenvalue weighted by Crippen LogP contribution is 2.37. The van der Waals surface area contributed by atoms with Gasteiger partial charge in [-0.1, -0.05) is 121 Å². The van der Waals surface area contributed by atoms with Gasteiger partial charge in [0.15, 0.2) is 0 Å². The molecule has 2 aliphatic heterocycles. The maximum atomic E-state index is 14.2. The fraction of sp³-hybridized carbons (Fsp3) is 0.440. The van der Waals surface area contributed by atoms with Crippen LogP contribution in [-0.2, 0) is 74.1 Å². The van der Waals surface area contributed by atoms with Crippen molar-refractivity contribution in [1.29, 1.82) is 0 Å². The van der Waals surface area contributed by atoms with Crippen molar-refractivity contribution in [2.45, 2.75) is 76.7 Å². The van der Waals surface area contributed by atoms with Gasteiger partial charge in [-0.3, -0.25) is 28.9 Å². The summed E-state index contributed by atoms with van der Waals surface area (Å²) in [5.41, 5.74) is 2.21. The Morgan fingerprint density at radius 3 is 1.06 bits per heavy atom. The Morgan fingerprint density at radius 2 is 0.781 bits per heavy atom. The van der Waals surface area contributed by atoms with E-state index < -0.39 is 23.0 Å². The summed E-state index contributed by atoms with van der Waals surface area (Å²) in [7, 11) is 3.18. The number of hydrogen-bond acceptors (Lipinski definition) is 10. The molecule has 4 aromatic carbocycles. The molecule has 64 heavy (non-hydrogen) atoms. The molecule has 2 fully saturated rings. The number of hydrogen-bond donors (Lipinski definition) is 0. The van der Waals surface area contributed by atoms with Crippen LogP contribution < -0.4 is 0 Å². The van der Waals surface area contributed by atoms with Crippen molar-refractivity contribution in [2.75, 3.05) is 66.7 Å². The van der Waals surface area contributed by atoms with Crippen LogP contribution in [0, 0.1) is 0 Å². The molecule has 2 heterocycles. The van der Waals surface area contributed by atoms with Crippen molar-refractivity contribution in [3.63, 3.8) is 0 Å². The zero-order chi connectivity index (χ0) is 45.5. The van der Waals surface area contributed by atoms with E-state index >= 15 is 0 Å². The molecular weight excluding hydrogens is 817 g/mol. The third kappa shape index (κ3) is 12.4. The zero-order valence-corrected chi connectivity index (χ0v) is 37.7. The highest BCUT2D eigenvalue weighted by Gasteiger charge is 2.54. The van der Waals surface area contributed by atoms with Crippen LogP contribution in [0.4, 0.5) is 0 Å². The first-order chi connectivity index (χ1) is 30.9. The van der Waals surface area contributed by atoms with Crippen molar-refractivity contribution in [3.8, 4) is 0 Å². The van der Waals surface area contributed by atoms with Crippen LogP contribution in [0.25, 0.3) is 0 Å². The molecule has 0 aliphatic carbocycles. The number of hydroxylamine groups is 10. The van der Waals surface area contributed by atoms with Crippen LogP contribution in [0.3, 0.4) is 0 Å². The van der Waals surface area contributed by atoms with E-state index in [1.807, 2.05) is 121 Å². The first-order valence-electron chi connectivity index (χ1n) is 22.1. The van der Waals surface area contributed by atoms with Gasteiger partial charge >= 0.3 is 11.9 Å². The topological polar surface area (TPSA) is 130 Å². The minimum Gasteiger partial charge on any atom is -0.382 e. The summed E-state index contributed by atoms with van der Waals surface area (Å²) in [5.74, 6) is -2.74. The summed E-state index contributed by atoms with van der Waals surface area (Å²) >= 11 is 0. The van der Waals surface area contributed by atoms with Gasteiger partial charge in [-0.05, 0) is 22.3 Å². The third-order valence-electron chi connectivity index (χ3n) is 12.6. The van der Waals surface area contributed by atoms with Crippen LogP contribution >= 0.6 is 0 Å². The number of ether oxygens (including phenoxy) is 2. The summed E-state index contributed by atoms with van der Waals surface area (Å²) in [4.78, 5) is 80.0. The molecule has 2 saturated heterocycles. The summed E-state index contributed by atoms with van der Waals surface area (Å²) in [6.07, 6.45) is 2.60. The fourth-order valence-electron chi connectivity index (χ4n) is 9.12. The molecule has 0 N–H and O–H groups in total. The largest absolute Gasteiger partial charge is 0.480 e. The molecule has 0 atom stereocenters. The maximum Gasteiger partial charge on any atom is 0.480 e. The quantitative estimate of drug-likeness (QED) is 0.0564. The Labute approximate surface area is 377 Å². The van der Waals surface area contributed by atoms with Crippen LogP contribution in [0.1, 0.15) is 61.8 Å². The Morgan fingerprint density at radius 1 is 0.484 bits per heavy atom. The molecule has 0 saturated carbocycles. The van der Waals surface area contributed by atoms with Gasteiger partial charge in [-0.2, -0.15) is 0 Å². The van der Waals surface area contributed by atoms with E-state index in [1.54, 1.807) is 14.2 Å². The Bertz CT molecular complexity index is 1940. The van der Waals surface area contributed by atoms with Crippen molar-refractivity contribution < 1.29 is 57.3 Å². The normalized spacial score (nSPS) is 23.1. The van der Waals surface area contributed by atoms with E-state index in [4.69, 9.17) is 28.8 Å². The average Bonchev–Trinajstić information content (AvgIpc) is 3.31. The highest BCUT2D eigenvalue weighted by atomic mass is 16.8. The standard InChI is InChI=1S/C50H64N4O10/c1-41(55)51(61-37-45-21-13-7-14-22-45)49(39-59-3)27-33-53(34-28-49,31-25-43-17-9-5-10-18-43)63-47(57)48(58)64-54(32-26-44-19-11-6-12-20-44)35-29-50(30-36-54,40-60-4)52(42(2)56)62-38-46-23-15-8-16-24-46/h5-24H,25-40H2,1-4H3/q+2. The monoisotopic (exact) mass is 880 g/mol. The average molecular weight is 881 g/mol. The van der Waals surface area contributed by atoms with Gasteiger partial charge in [-0.25, -0.2) is 19.7 Å². The lowest BCUT2D eigenvalue weighted by molar-refractivity contribution is -1.10. The summed E-state index contributed by atoms with van der Waals surface area (Å²) < 4.78 is 11.1. The molecule has 342 valence electrons. The van der Waals surface area contributed by atoms with Crippen molar-refractivity contribution in [1.82, 2.24) is 10.1 Å². The molecule has 4 aromatic rings. The molecule has 0 bridgehead atoms. The summed E-state index contributed by atoms with van der Waals surface area (Å²) in [6, 6.07) is 39.0. The number of carbonyl (C=O) groups excluding carboxylic acids is 4. The number of nitrogens with zero attached hydrogens (tertiary/aromatic N) is 4. The molecule has 0 unspecified atom stereocenters. The highest BCUT2D eigenvalue weighted by molar-refractivity contribution is 6.29. The molecule has 0 aromatic heterocycles. The minimum atomic E-state index is -1.10. The van der Waals surface area contributed by atoms with Crippen molar-refractivity contribution in [3.05, 3.63) is 144 Å². The Balaban J connectivity index is 1.22. The lowest BCUT2D eigenvalue weighted by atomic mass is 9.87. The molecule has 2 aliphatic rings. The number of benzene rings is 4. The smallest absolute Gasteiger partial charge is 0.382 e. The number of amides is 2. The van der Waals surface area contributed by atoms with Gasteiger partial charge in [0.05, 0.1) is 13.2 Å². The molecule has 0 spiro atoms. The van der Waals surface area contributed by atoms with E-state index in [0.29, 0.717) is 51.6 Å². The Kier molecular flexibility index (Phi) is 16.8. The number of carbonyl (C=O) groups is 4. The number of quaternary nitrogens is 2. The Hall–Kier alpha value is -5.48. The summed E-state index contributed by atoms with van der Waals surface area (Å²) in [5, 5.41) is 2.84. The number of piperidine rings is 2. The van der Waals surface area contributed by atoms with Crippen LogP contribution in [0.5, 0.6) is 0 Å². The van der Waals surface area contributed by atoms with Crippen LogP contribution in [-0.4, -0.2) is 121 Å². The lowest BCUT2D eigenvalue weighted by Gasteiger charge is -2.49. The van der Waals surface area contributed by atoms with Gasteiger partial charge in [0.25, 0.3) is 0 Å². The molecule has 14 nitrogen and oxygen atoms in total. The van der Waals surface area contributed by atoms with E-state index in [0.717, 1.165) is 22.3 Å². The predicted molar refractivity (Wildman–Crippen MR) is 237 cm³/mol. The predicted octanol–water partition coefficient (Wildman–Crippen LogP) is 6.34. The van der Waals surface area contributed by atoms with Gasteiger partial charge in [0, 0.05) is 66.6 Å². The van der Waals surface area contributed by atoms with E-state index in [-0.39, 0.29) is 73.7 Å². The van der Waals surface area contributed by atoms with Gasteiger partial charge in [-0.15, -0.1) is 9.29 Å². The fourth-order valence-corrected chi connectivity index (χ4v) is 9.12. The van der Waals surface area contributed by atoms with Crippen molar-refractivity contribution >= 4 is 23.8 Å². The van der Waals surface area contributed by atoms with Gasteiger partial charge in [0.1, 0.15) is 63.6 Å². The summed E-state index contributed by atoms with van der Waals surface area (Å²) in [6.45, 7) is 5.60. The third-order valence-corrected chi connectivity index (χ3v) is 12.6. The molecule has 14 heteroatoms. The van der Waals surface area contributed by atoms with E-state index in [2.05, 4.69) is 0 Å². The second-order valence-corrected chi connectivity index (χ2v) is 17.1. The van der Waals surface area contributed by atoms with Crippen LogP contribution in [0.2, 0.25) is 0 Å². The second-order valence-electron chi connectivity index (χ2n) is 17.1. The second kappa shape index (κ2) is 22.4. The van der Waals surface area contributed by atoms with Gasteiger partial charge < -0.3 is 9.47 Å². The van der Waals surface area contributed by atoms with E-state index in [1.165, 1.54) is 24.0 Å². The first kappa shape index (κ1) is 48.0.